The SMILES string of the molecule is CCC(C)(C)NC(=O)C(c1ccc2ncccc2c1)N(C(=O)Cn1nnc2ccccc21)c1ccccc1C(C)=O. The summed E-state index contributed by atoms with van der Waals surface area (Å²) in [5.74, 6) is -1.01. The first-order valence-electron chi connectivity index (χ1n) is 13.6. The van der Waals surface area contributed by atoms with Gasteiger partial charge < -0.3 is 5.32 Å². The number of carbonyl (C=O) groups is 3. The maximum atomic E-state index is 14.4. The van der Waals surface area contributed by atoms with Gasteiger partial charge in [0.2, 0.25) is 11.8 Å². The van der Waals surface area contributed by atoms with Gasteiger partial charge in [-0.2, -0.15) is 0 Å². The van der Waals surface area contributed by atoms with Crippen LogP contribution < -0.4 is 10.2 Å². The Labute approximate surface area is 238 Å². The molecule has 41 heavy (non-hydrogen) atoms. The monoisotopic (exact) mass is 548 g/mol. The summed E-state index contributed by atoms with van der Waals surface area (Å²) < 4.78 is 1.51. The van der Waals surface area contributed by atoms with Crippen LogP contribution in [-0.4, -0.2) is 43.1 Å². The molecule has 0 saturated carbocycles. The lowest BCUT2D eigenvalue weighted by Gasteiger charge is -2.35. The molecule has 9 nitrogen and oxygen atoms in total. The summed E-state index contributed by atoms with van der Waals surface area (Å²) in [6.45, 7) is 7.11. The number of aromatic nitrogens is 4. The molecule has 2 aromatic heterocycles. The zero-order valence-electron chi connectivity index (χ0n) is 23.5. The largest absolute Gasteiger partial charge is 0.349 e. The number of Topliss-reactive ketones (excluding diaryl/α,β-unsaturated/α-hetero) is 1. The number of nitrogens with zero attached hydrogens (tertiary/aromatic N) is 5. The van der Waals surface area contributed by atoms with Crippen molar-refractivity contribution in [3.05, 3.63) is 96.2 Å². The quantitative estimate of drug-likeness (QED) is 0.252. The molecular formula is C32H32N6O3. The van der Waals surface area contributed by atoms with Crippen molar-refractivity contribution in [2.75, 3.05) is 4.90 Å². The number of benzene rings is 3. The smallest absolute Gasteiger partial charge is 0.249 e. The number of hydrogen-bond donors (Lipinski definition) is 1. The molecule has 2 heterocycles. The molecule has 0 aliphatic rings. The number of fused-ring (bicyclic) bond motifs is 2. The Morgan fingerprint density at radius 2 is 1.71 bits per heavy atom. The zero-order chi connectivity index (χ0) is 29.1. The summed E-state index contributed by atoms with van der Waals surface area (Å²) in [6.07, 6.45) is 2.38. The number of rotatable bonds is 9. The molecule has 2 amide bonds. The minimum atomic E-state index is -1.09. The fourth-order valence-corrected chi connectivity index (χ4v) is 4.81. The lowest BCUT2D eigenvalue weighted by molar-refractivity contribution is -0.128. The van der Waals surface area contributed by atoms with Gasteiger partial charge in [-0.15, -0.1) is 5.10 Å². The maximum Gasteiger partial charge on any atom is 0.249 e. The summed E-state index contributed by atoms with van der Waals surface area (Å²) in [6, 6.07) is 22.4. The third-order valence-corrected chi connectivity index (χ3v) is 7.31. The molecule has 1 atom stereocenters. The average molecular weight is 549 g/mol. The number of pyridine rings is 1. The van der Waals surface area contributed by atoms with E-state index >= 15 is 0 Å². The van der Waals surface area contributed by atoms with E-state index in [1.54, 1.807) is 36.5 Å². The van der Waals surface area contributed by atoms with Gasteiger partial charge in [-0.1, -0.05) is 48.5 Å². The molecule has 0 fully saturated rings. The molecule has 0 bridgehead atoms. The molecule has 0 aliphatic carbocycles. The van der Waals surface area contributed by atoms with Crippen molar-refractivity contribution in [3.8, 4) is 0 Å². The highest BCUT2D eigenvalue weighted by atomic mass is 16.2. The minimum Gasteiger partial charge on any atom is -0.349 e. The van der Waals surface area contributed by atoms with E-state index in [1.165, 1.54) is 16.5 Å². The normalized spacial score (nSPS) is 12.3. The molecule has 0 saturated heterocycles. The van der Waals surface area contributed by atoms with Crippen molar-refractivity contribution in [1.82, 2.24) is 25.3 Å². The summed E-state index contributed by atoms with van der Waals surface area (Å²) >= 11 is 0. The van der Waals surface area contributed by atoms with Crippen LogP contribution in [0.5, 0.6) is 0 Å². The van der Waals surface area contributed by atoms with Gasteiger partial charge in [0, 0.05) is 22.7 Å². The first kappa shape index (κ1) is 27.6. The number of para-hydroxylation sites is 2. The van der Waals surface area contributed by atoms with E-state index in [9.17, 15) is 14.4 Å². The number of amides is 2. The highest BCUT2D eigenvalue weighted by molar-refractivity contribution is 6.08. The third kappa shape index (κ3) is 5.70. The molecule has 0 spiro atoms. The predicted octanol–water partition coefficient (Wildman–Crippen LogP) is 5.26. The van der Waals surface area contributed by atoms with Crippen LogP contribution in [-0.2, 0) is 16.1 Å². The van der Waals surface area contributed by atoms with Crippen LogP contribution in [0.4, 0.5) is 5.69 Å². The second-order valence-electron chi connectivity index (χ2n) is 10.7. The van der Waals surface area contributed by atoms with Crippen LogP contribution in [0, 0.1) is 0 Å². The van der Waals surface area contributed by atoms with Gasteiger partial charge in [0.05, 0.1) is 16.7 Å². The summed E-state index contributed by atoms with van der Waals surface area (Å²) in [5.41, 5.74) is 2.83. The third-order valence-electron chi connectivity index (χ3n) is 7.31. The zero-order valence-corrected chi connectivity index (χ0v) is 23.5. The van der Waals surface area contributed by atoms with Crippen molar-refractivity contribution in [2.45, 2.75) is 52.2 Å². The van der Waals surface area contributed by atoms with Gasteiger partial charge in [-0.25, -0.2) is 4.68 Å². The van der Waals surface area contributed by atoms with Crippen LogP contribution in [0.3, 0.4) is 0 Å². The predicted molar refractivity (Wildman–Crippen MR) is 158 cm³/mol. The van der Waals surface area contributed by atoms with Gasteiger partial charge >= 0.3 is 0 Å². The van der Waals surface area contributed by atoms with Crippen LogP contribution in [0.15, 0.2) is 85.1 Å². The summed E-state index contributed by atoms with van der Waals surface area (Å²) in [7, 11) is 0. The minimum absolute atomic E-state index is 0.192. The van der Waals surface area contributed by atoms with Crippen LogP contribution in [0.2, 0.25) is 0 Å². The number of carbonyl (C=O) groups excluding carboxylic acids is 3. The van der Waals surface area contributed by atoms with Gasteiger partial charge in [-0.05, 0) is 75.2 Å². The standard InChI is InChI=1S/C32H32N6O3/c1-5-32(3,4)34-31(41)30(23-16-17-25-22(19-23)11-10-18-33-25)38(27-14-8-6-12-24(27)21(2)39)29(40)20-37-28-15-9-7-13-26(28)35-36-37/h6-19,30H,5,20H2,1-4H3,(H,34,41). The first-order chi connectivity index (χ1) is 19.7. The van der Waals surface area contributed by atoms with E-state index in [1.807, 2.05) is 69.3 Å². The first-order valence-corrected chi connectivity index (χ1v) is 13.6. The molecule has 0 aliphatic heterocycles. The summed E-state index contributed by atoms with van der Waals surface area (Å²) in [4.78, 5) is 47.2. The van der Waals surface area contributed by atoms with Gasteiger partial charge in [0.15, 0.2) is 5.78 Å². The average Bonchev–Trinajstić information content (AvgIpc) is 3.37. The molecule has 5 aromatic rings. The van der Waals surface area contributed by atoms with Gasteiger partial charge in [0.1, 0.15) is 18.1 Å². The molecule has 3 aromatic carbocycles. The van der Waals surface area contributed by atoms with Crippen molar-refractivity contribution >= 4 is 45.2 Å². The Morgan fingerprint density at radius 1 is 0.951 bits per heavy atom. The lowest BCUT2D eigenvalue weighted by atomic mass is 9.96. The Bertz CT molecular complexity index is 1760. The highest BCUT2D eigenvalue weighted by Gasteiger charge is 2.36. The number of hydrogen-bond acceptors (Lipinski definition) is 6. The van der Waals surface area contributed by atoms with Crippen molar-refractivity contribution < 1.29 is 14.4 Å². The van der Waals surface area contributed by atoms with E-state index in [0.717, 1.165) is 10.9 Å². The molecule has 5 rings (SSSR count). The number of anilines is 1. The van der Waals surface area contributed by atoms with Crippen molar-refractivity contribution in [2.24, 2.45) is 0 Å². The lowest BCUT2D eigenvalue weighted by Crippen LogP contribution is -2.51. The van der Waals surface area contributed by atoms with E-state index in [-0.39, 0.29) is 18.2 Å². The molecule has 9 heteroatoms. The second-order valence-corrected chi connectivity index (χ2v) is 10.7. The van der Waals surface area contributed by atoms with E-state index < -0.39 is 17.5 Å². The van der Waals surface area contributed by atoms with Crippen LogP contribution in [0.25, 0.3) is 21.9 Å². The van der Waals surface area contributed by atoms with E-state index in [0.29, 0.717) is 34.3 Å². The Balaban J connectivity index is 1.70. The maximum absolute atomic E-state index is 14.4. The summed E-state index contributed by atoms with van der Waals surface area (Å²) in [5, 5.41) is 12.3. The van der Waals surface area contributed by atoms with Gasteiger partial charge in [-0.3, -0.25) is 24.3 Å². The second kappa shape index (κ2) is 11.3. The topological polar surface area (TPSA) is 110 Å². The number of nitrogens with one attached hydrogen (secondary N) is 1. The molecular weight excluding hydrogens is 516 g/mol. The van der Waals surface area contributed by atoms with E-state index in [4.69, 9.17) is 0 Å². The fourth-order valence-electron chi connectivity index (χ4n) is 4.81. The van der Waals surface area contributed by atoms with Crippen LogP contribution >= 0.6 is 0 Å². The molecule has 208 valence electrons. The Morgan fingerprint density at radius 3 is 2.49 bits per heavy atom. The molecule has 1 unspecified atom stereocenters. The van der Waals surface area contributed by atoms with Crippen molar-refractivity contribution in [3.63, 3.8) is 0 Å². The Hall–Kier alpha value is -4.92. The van der Waals surface area contributed by atoms with Crippen LogP contribution in [0.1, 0.15) is 56.1 Å². The Kier molecular flexibility index (Phi) is 7.61. The molecule has 0 radical (unpaired) electrons. The fraction of sp³-hybridized carbons (Fsp3) is 0.250. The number of ketones is 1. The van der Waals surface area contributed by atoms with E-state index in [2.05, 4.69) is 20.6 Å². The van der Waals surface area contributed by atoms with Crippen molar-refractivity contribution in [1.29, 1.82) is 0 Å². The van der Waals surface area contributed by atoms with Gasteiger partial charge in [0.25, 0.3) is 0 Å². The highest BCUT2D eigenvalue weighted by Crippen LogP contribution is 2.33. The molecule has 1 N–H and O–H groups in total.